The first-order chi connectivity index (χ1) is 7.46. The van der Waals surface area contributed by atoms with E-state index in [1.807, 2.05) is 0 Å². The molecule has 1 aliphatic heterocycles. The summed E-state index contributed by atoms with van der Waals surface area (Å²) in [6.07, 6.45) is 1.19. The van der Waals surface area contributed by atoms with Crippen molar-refractivity contribution in [3.8, 4) is 0 Å². The quantitative estimate of drug-likeness (QED) is 0.826. The zero-order valence-electron chi connectivity index (χ0n) is 10.5. The van der Waals surface area contributed by atoms with Gasteiger partial charge in [0.1, 0.15) is 0 Å². The van der Waals surface area contributed by atoms with Crippen LogP contribution in [0.2, 0.25) is 0 Å². The molecule has 1 aliphatic rings. The SMILES string of the molecule is CC1Cc2ccccc2N(CC(C)(C)N)C1. The maximum absolute atomic E-state index is 6.13. The van der Waals surface area contributed by atoms with Gasteiger partial charge in [0, 0.05) is 24.3 Å². The van der Waals surface area contributed by atoms with Crippen molar-refractivity contribution >= 4 is 5.69 Å². The normalized spacial score (nSPS) is 20.8. The Balaban J connectivity index is 2.27. The van der Waals surface area contributed by atoms with Crippen LogP contribution >= 0.6 is 0 Å². The highest BCUT2D eigenvalue weighted by Gasteiger charge is 2.24. The molecule has 1 aromatic rings. The second-order valence-corrected chi connectivity index (χ2v) is 5.81. The first-order valence-electron chi connectivity index (χ1n) is 6.07. The van der Waals surface area contributed by atoms with E-state index in [4.69, 9.17) is 5.73 Å². The van der Waals surface area contributed by atoms with Crippen LogP contribution in [0, 0.1) is 5.92 Å². The van der Waals surface area contributed by atoms with Gasteiger partial charge in [0.05, 0.1) is 0 Å². The average molecular weight is 218 g/mol. The Morgan fingerprint density at radius 2 is 2.06 bits per heavy atom. The fourth-order valence-electron chi connectivity index (χ4n) is 2.55. The van der Waals surface area contributed by atoms with Gasteiger partial charge in [-0.05, 0) is 37.8 Å². The number of hydrogen-bond acceptors (Lipinski definition) is 2. The van der Waals surface area contributed by atoms with Gasteiger partial charge in [-0.25, -0.2) is 0 Å². The lowest BCUT2D eigenvalue weighted by Crippen LogP contribution is -2.48. The van der Waals surface area contributed by atoms with Gasteiger partial charge in [-0.15, -0.1) is 0 Å². The Labute approximate surface area is 98.4 Å². The van der Waals surface area contributed by atoms with Crippen molar-refractivity contribution in [3.63, 3.8) is 0 Å². The molecule has 0 aromatic heterocycles. The number of hydrogen-bond donors (Lipinski definition) is 1. The Bertz CT molecular complexity index is 365. The van der Waals surface area contributed by atoms with Gasteiger partial charge in [0.15, 0.2) is 0 Å². The van der Waals surface area contributed by atoms with Crippen LogP contribution in [0.15, 0.2) is 24.3 Å². The van der Waals surface area contributed by atoms with E-state index in [2.05, 4.69) is 49.9 Å². The van der Waals surface area contributed by atoms with Crippen LogP contribution in [0.25, 0.3) is 0 Å². The molecule has 0 aliphatic carbocycles. The number of nitrogens with two attached hydrogens (primary N) is 1. The van der Waals surface area contributed by atoms with Crippen LogP contribution in [-0.2, 0) is 6.42 Å². The monoisotopic (exact) mass is 218 g/mol. The summed E-state index contributed by atoms with van der Waals surface area (Å²) in [6, 6.07) is 8.70. The minimum absolute atomic E-state index is 0.135. The van der Waals surface area contributed by atoms with E-state index in [0.29, 0.717) is 0 Å². The third-order valence-corrected chi connectivity index (χ3v) is 3.03. The Morgan fingerprint density at radius 3 is 2.75 bits per heavy atom. The molecule has 0 spiro atoms. The molecule has 2 nitrogen and oxygen atoms in total. The molecular weight excluding hydrogens is 196 g/mol. The van der Waals surface area contributed by atoms with Crippen molar-refractivity contribution in [2.24, 2.45) is 11.7 Å². The predicted molar refractivity (Wildman–Crippen MR) is 69.8 cm³/mol. The summed E-state index contributed by atoms with van der Waals surface area (Å²) >= 11 is 0. The zero-order valence-corrected chi connectivity index (χ0v) is 10.5. The van der Waals surface area contributed by atoms with Gasteiger partial charge < -0.3 is 10.6 Å². The highest BCUT2D eigenvalue weighted by atomic mass is 15.2. The minimum atomic E-state index is -0.135. The molecule has 1 unspecified atom stereocenters. The summed E-state index contributed by atoms with van der Waals surface area (Å²) in [5, 5.41) is 0. The van der Waals surface area contributed by atoms with Crippen LogP contribution in [0.5, 0.6) is 0 Å². The number of para-hydroxylation sites is 1. The van der Waals surface area contributed by atoms with Crippen molar-refractivity contribution in [1.29, 1.82) is 0 Å². The summed E-state index contributed by atoms with van der Waals surface area (Å²) in [7, 11) is 0. The van der Waals surface area contributed by atoms with Crippen molar-refractivity contribution in [2.45, 2.75) is 32.7 Å². The lowest BCUT2D eigenvalue weighted by molar-refractivity contribution is 0.459. The lowest BCUT2D eigenvalue weighted by atomic mass is 9.92. The largest absolute Gasteiger partial charge is 0.369 e. The van der Waals surface area contributed by atoms with Crippen molar-refractivity contribution in [3.05, 3.63) is 29.8 Å². The smallest absolute Gasteiger partial charge is 0.0399 e. The second kappa shape index (κ2) is 4.10. The number of fused-ring (bicyclic) bond motifs is 1. The number of benzene rings is 1. The predicted octanol–water partition coefficient (Wildman–Crippen LogP) is 2.42. The van der Waals surface area contributed by atoms with E-state index in [1.165, 1.54) is 17.7 Å². The zero-order chi connectivity index (χ0) is 11.8. The van der Waals surface area contributed by atoms with Crippen LogP contribution in [0.3, 0.4) is 0 Å². The highest BCUT2D eigenvalue weighted by Crippen LogP contribution is 2.29. The van der Waals surface area contributed by atoms with Crippen molar-refractivity contribution in [1.82, 2.24) is 0 Å². The molecule has 0 bridgehead atoms. The van der Waals surface area contributed by atoms with Gasteiger partial charge in [-0.2, -0.15) is 0 Å². The third kappa shape index (κ3) is 2.56. The molecule has 0 saturated carbocycles. The number of anilines is 1. The lowest BCUT2D eigenvalue weighted by Gasteiger charge is -2.38. The van der Waals surface area contributed by atoms with E-state index in [0.717, 1.165) is 19.0 Å². The number of rotatable bonds is 2. The van der Waals surface area contributed by atoms with Gasteiger partial charge in [0.2, 0.25) is 0 Å². The third-order valence-electron chi connectivity index (χ3n) is 3.03. The molecule has 2 heteroatoms. The van der Waals surface area contributed by atoms with E-state index in [-0.39, 0.29) is 5.54 Å². The van der Waals surface area contributed by atoms with Crippen LogP contribution < -0.4 is 10.6 Å². The second-order valence-electron chi connectivity index (χ2n) is 5.81. The molecular formula is C14H22N2. The summed E-state index contributed by atoms with van der Waals surface area (Å²) in [6.45, 7) is 8.54. The standard InChI is InChI=1S/C14H22N2/c1-11-8-12-6-4-5-7-13(12)16(9-11)10-14(2,3)15/h4-7,11H,8-10,15H2,1-3H3. The average Bonchev–Trinajstić information content (AvgIpc) is 2.14. The maximum Gasteiger partial charge on any atom is 0.0399 e. The minimum Gasteiger partial charge on any atom is -0.369 e. The van der Waals surface area contributed by atoms with Gasteiger partial charge in [0.25, 0.3) is 0 Å². The summed E-state index contributed by atoms with van der Waals surface area (Å²) in [5.74, 6) is 0.720. The van der Waals surface area contributed by atoms with Crippen LogP contribution in [0.4, 0.5) is 5.69 Å². The number of nitrogens with zero attached hydrogens (tertiary/aromatic N) is 1. The summed E-state index contributed by atoms with van der Waals surface area (Å²) in [5.41, 5.74) is 8.83. The first kappa shape index (κ1) is 11.5. The first-order valence-corrected chi connectivity index (χ1v) is 6.07. The van der Waals surface area contributed by atoms with Crippen molar-refractivity contribution in [2.75, 3.05) is 18.0 Å². The van der Waals surface area contributed by atoms with Crippen molar-refractivity contribution < 1.29 is 0 Å². The molecule has 88 valence electrons. The summed E-state index contributed by atoms with van der Waals surface area (Å²) in [4.78, 5) is 2.43. The molecule has 0 amide bonds. The Morgan fingerprint density at radius 1 is 1.38 bits per heavy atom. The Kier molecular flexibility index (Phi) is 2.94. The maximum atomic E-state index is 6.13. The summed E-state index contributed by atoms with van der Waals surface area (Å²) < 4.78 is 0. The molecule has 16 heavy (non-hydrogen) atoms. The van der Waals surface area contributed by atoms with Crippen LogP contribution in [-0.4, -0.2) is 18.6 Å². The molecule has 1 aromatic carbocycles. The van der Waals surface area contributed by atoms with E-state index >= 15 is 0 Å². The van der Waals surface area contributed by atoms with Gasteiger partial charge >= 0.3 is 0 Å². The highest BCUT2D eigenvalue weighted by molar-refractivity contribution is 5.56. The molecule has 2 rings (SSSR count). The molecule has 0 fully saturated rings. The molecule has 1 heterocycles. The molecule has 0 radical (unpaired) electrons. The molecule has 1 atom stereocenters. The molecule has 0 saturated heterocycles. The van der Waals surface area contributed by atoms with E-state index < -0.39 is 0 Å². The Hall–Kier alpha value is -1.02. The van der Waals surface area contributed by atoms with E-state index in [1.54, 1.807) is 0 Å². The topological polar surface area (TPSA) is 29.3 Å². The van der Waals surface area contributed by atoms with Crippen LogP contribution in [0.1, 0.15) is 26.3 Å². The fraction of sp³-hybridized carbons (Fsp3) is 0.571. The fourth-order valence-corrected chi connectivity index (χ4v) is 2.55. The molecule has 2 N–H and O–H groups in total. The van der Waals surface area contributed by atoms with E-state index in [9.17, 15) is 0 Å². The van der Waals surface area contributed by atoms with Gasteiger partial charge in [-0.1, -0.05) is 25.1 Å². The van der Waals surface area contributed by atoms with Gasteiger partial charge in [-0.3, -0.25) is 0 Å².